The number of aryl methyl sites for hydroxylation is 1. The molecule has 2 aromatic rings. The van der Waals surface area contributed by atoms with E-state index in [0.29, 0.717) is 6.61 Å². The molecule has 0 radical (unpaired) electrons. The first-order chi connectivity index (χ1) is 10.3. The molecular formula is C19H23NO. The van der Waals surface area contributed by atoms with Crippen molar-refractivity contribution in [1.29, 1.82) is 0 Å². The summed E-state index contributed by atoms with van der Waals surface area (Å²) in [4.78, 5) is 0. The zero-order valence-electron chi connectivity index (χ0n) is 12.6. The molecule has 0 bridgehead atoms. The maximum atomic E-state index is 5.47. The standard InChI is InChI=1S/C19H23NO/c1-3-14-21-19-10-8-17(9-11-19)15-20-13-12-18-7-5-4-6-16(18)2/h3-11,20H,1,12-15H2,2H3. The van der Waals surface area contributed by atoms with Gasteiger partial charge in [0.25, 0.3) is 0 Å². The van der Waals surface area contributed by atoms with Crippen LogP contribution < -0.4 is 10.1 Å². The molecule has 21 heavy (non-hydrogen) atoms. The second-order valence-electron chi connectivity index (χ2n) is 5.10. The second kappa shape index (κ2) is 8.28. The molecule has 0 unspecified atom stereocenters. The molecule has 0 aliphatic heterocycles. The van der Waals surface area contributed by atoms with E-state index in [1.807, 2.05) is 12.1 Å². The predicted octanol–water partition coefficient (Wildman–Crippen LogP) is 3.89. The van der Waals surface area contributed by atoms with Crippen molar-refractivity contribution in [2.45, 2.75) is 19.9 Å². The number of ether oxygens (including phenoxy) is 1. The Morgan fingerprint density at radius 3 is 2.57 bits per heavy atom. The van der Waals surface area contributed by atoms with Crippen LogP contribution in [0.2, 0.25) is 0 Å². The zero-order valence-corrected chi connectivity index (χ0v) is 12.6. The second-order valence-corrected chi connectivity index (χ2v) is 5.10. The summed E-state index contributed by atoms with van der Waals surface area (Å²) < 4.78 is 5.47. The molecule has 2 heteroatoms. The van der Waals surface area contributed by atoms with Crippen molar-refractivity contribution in [1.82, 2.24) is 5.32 Å². The zero-order chi connectivity index (χ0) is 14.9. The van der Waals surface area contributed by atoms with Crippen LogP contribution >= 0.6 is 0 Å². The maximum Gasteiger partial charge on any atom is 0.119 e. The fourth-order valence-corrected chi connectivity index (χ4v) is 2.21. The molecule has 2 rings (SSSR count). The van der Waals surface area contributed by atoms with Gasteiger partial charge in [-0.15, -0.1) is 0 Å². The Balaban J connectivity index is 1.73. The topological polar surface area (TPSA) is 21.3 Å². The first kappa shape index (κ1) is 15.3. The monoisotopic (exact) mass is 281 g/mol. The smallest absolute Gasteiger partial charge is 0.119 e. The lowest BCUT2D eigenvalue weighted by Crippen LogP contribution is -2.17. The first-order valence-corrected chi connectivity index (χ1v) is 7.37. The Morgan fingerprint density at radius 2 is 1.86 bits per heavy atom. The number of rotatable bonds is 8. The average molecular weight is 281 g/mol. The number of benzene rings is 2. The Morgan fingerprint density at radius 1 is 1.10 bits per heavy atom. The summed E-state index contributed by atoms with van der Waals surface area (Å²) >= 11 is 0. The van der Waals surface area contributed by atoms with Gasteiger partial charge in [0.1, 0.15) is 12.4 Å². The highest BCUT2D eigenvalue weighted by Gasteiger charge is 1.98. The molecule has 0 atom stereocenters. The third kappa shape index (κ3) is 5.09. The summed E-state index contributed by atoms with van der Waals surface area (Å²) in [6, 6.07) is 16.7. The minimum atomic E-state index is 0.550. The summed E-state index contributed by atoms with van der Waals surface area (Å²) in [6.45, 7) is 8.22. The maximum absolute atomic E-state index is 5.47. The Hall–Kier alpha value is -2.06. The van der Waals surface area contributed by atoms with Crippen LogP contribution in [-0.4, -0.2) is 13.2 Å². The molecule has 1 N–H and O–H groups in total. The van der Waals surface area contributed by atoms with E-state index in [9.17, 15) is 0 Å². The van der Waals surface area contributed by atoms with Gasteiger partial charge in [-0.2, -0.15) is 0 Å². The summed E-state index contributed by atoms with van der Waals surface area (Å²) in [5.41, 5.74) is 4.05. The molecule has 0 aliphatic rings. The minimum absolute atomic E-state index is 0.550. The highest BCUT2D eigenvalue weighted by Crippen LogP contribution is 2.12. The van der Waals surface area contributed by atoms with E-state index in [1.54, 1.807) is 6.08 Å². The highest BCUT2D eigenvalue weighted by molar-refractivity contribution is 5.28. The molecular weight excluding hydrogens is 258 g/mol. The summed E-state index contributed by atoms with van der Waals surface area (Å²) in [5, 5.41) is 3.48. The van der Waals surface area contributed by atoms with Crippen LogP contribution in [0.4, 0.5) is 0 Å². The van der Waals surface area contributed by atoms with Crippen molar-refractivity contribution < 1.29 is 4.74 Å². The van der Waals surface area contributed by atoms with Crippen molar-refractivity contribution >= 4 is 0 Å². The molecule has 0 saturated heterocycles. The van der Waals surface area contributed by atoms with Crippen molar-refractivity contribution in [3.8, 4) is 5.75 Å². The summed E-state index contributed by atoms with van der Waals surface area (Å²) in [5.74, 6) is 0.888. The lowest BCUT2D eigenvalue weighted by molar-refractivity contribution is 0.363. The fraction of sp³-hybridized carbons (Fsp3) is 0.263. The van der Waals surface area contributed by atoms with Gasteiger partial charge in [0.15, 0.2) is 0 Å². The molecule has 0 aliphatic carbocycles. The van der Waals surface area contributed by atoms with Gasteiger partial charge in [0, 0.05) is 6.54 Å². The number of hydrogen-bond donors (Lipinski definition) is 1. The Kier molecular flexibility index (Phi) is 6.04. The fourth-order valence-electron chi connectivity index (χ4n) is 2.21. The first-order valence-electron chi connectivity index (χ1n) is 7.37. The van der Waals surface area contributed by atoms with Gasteiger partial charge >= 0.3 is 0 Å². The highest BCUT2D eigenvalue weighted by atomic mass is 16.5. The lowest BCUT2D eigenvalue weighted by atomic mass is 10.1. The van der Waals surface area contributed by atoms with Crippen LogP contribution in [0.5, 0.6) is 5.75 Å². The van der Waals surface area contributed by atoms with E-state index >= 15 is 0 Å². The molecule has 0 heterocycles. The van der Waals surface area contributed by atoms with Gasteiger partial charge < -0.3 is 10.1 Å². The molecule has 2 nitrogen and oxygen atoms in total. The molecule has 2 aromatic carbocycles. The Labute approximate surface area is 127 Å². The largest absolute Gasteiger partial charge is 0.490 e. The van der Waals surface area contributed by atoms with Gasteiger partial charge in [-0.25, -0.2) is 0 Å². The van der Waals surface area contributed by atoms with E-state index in [4.69, 9.17) is 4.74 Å². The van der Waals surface area contributed by atoms with Crippen molar-refractivity contribution in [2.75, 3.05) is 13.2 Å². The Bertz CT molecular complexity index is 560. The van der Waals surface area contributed by atoms with Crippen LogP contribution in [0.25, 0.3) is 0 Å². The van der Waals surface area contributed by atoms with E-state index in [-0.39, 0.29) is 0 Å². The van der Waals surface area contributed by atoms with Gasteiger partial charge in [-0.3, -0.25) is 0 Å². The van der Waals surface area contributed by atoms with Crippen LogP contribution in [0, 0.1) is 6.92 Å². The van der Waals surface area contributed by atoms with Crippen LogP contribution in [-0.2, 0) is 13.0 Å². The third-order valence-corrected chi connectivity index (χ3v) is 3.45. The van der Waals surface area contributed by atoms with Crippen molar-refractivity contribution in [2.24, 2.45) is 0 Å². The summed E-state index contributed by atoms with van der Waals surface area (Å²) in [7, 11) is 0. The number of hydrogen-bond acceptors (Lipinski definition) is 2. The normalized spacial score (nSPS) is 10.3. The third-order valence-electron chi connectivity index (χ3n) is 3.45. The van der Waals surface area contributed by atoms with E-state index in [1.165, 1.54) is 16.7 Å². The van der Waals surface area contributed by atoms with Crippen molar-refractivity contribution in [3.63, 3.8) is 0 Å². The summed E-state index contributed by atoms with van der Waals surface area (Å²) in [6.07, 6.45) is 2.81. The van der Waals surface area contributed by atoms with Gasteiger partial charge in [-0.1, -0.05) is 49.1 Å². The van der Waals surface area contributed by atoms with Crippen LogP contribution in [0.3, 0.4) is 0 Å². The van der Waals surface area contributed by atoms with Crippen molar-refractivity contribution in [3.05, 3.63) is 77.9 Å². The number of nitrogens with one attached hydrogen (secondary N) is 1. The average Bonchev–Trinajstić information content (AvgIpc) is 2.52. The molecule has 0 spiro atoms. The van der Waals surface area contributed by atoms with Gasteiger partial charge in [-0.05, 0) is 48.7 Å². The SMILES string of the molecule is C=CCOc1ccc(CNCCc2ccccc2C)cc1. The quantitative estimate of drug-likeness (QED) is 0.585. The van der Waals surface area contributed by atoms with Gasteiger partial charge in [0.2, 0.25) is 0 Å². The lowest BCUT2D eigenvalue weighted by Gasteiger charge is -2.08. The minimum Gasteiger partial charge on any atom is -0.490 e. The van der Waals surface area contributed by atoms with E-state index < -0.39 is 0 Å². The molecule has 0 fully saturated rings. The molecule has 110 valence electrons. The van der Waals surface area contributed by atoms with E-state index in [0.717, 1.165) is 25.3 Å². The van der Waals surface area contributed by atoms with Crippen LogP contribution in [0.15, 0.2) is 61.2 Å². The molecule has 0 aromatic heterocycles. The molecule has 0 amide bonds. The van der Waals surface area contributed by atoms with Crippen LogP contribution in [0.1, 0.15) is 16.7 Å². The predicted molar refractivity (Wildman–Crippen MR) is 88.7 cm³/mol. The molecule has 0 saturated carbocycles. The van der Waals surface area contributed by atoms with Gasteiger partial charge in [0.05, 0.1) is 0 Å². The van der Waals surface area contributed by atoms with E-state index in [2.05, 4.69) is 55.2 Å².